The standard InChI is InChI=1S/C18H24N2O2S/c1-17(2,14-7-5-4-6-8-14)12-19-16(21)20-13-18(3,22)15-9-10-23-11-15/h4-11,22H,12-13H2,1-3H3,(H2,19,20,21). The third-order valence-corrected chi connectivity index (χ3v) is 4.67. The number of carbonyl (C=O) groups excluding carboxylic acids is 1. The van der Waals surface area contributed by atoms with Gasteiger partial charge >= 0.3 is 6.03 Å². The lowest BCUT2D eigenvalue weighted by Gasteiger charge is -2.27. The molecule has 1 unspecified atom stereocenters. The number of rotatable bonds is 6. The number of thiophene rings is 1. The average molecular weight is 332 g/mol. The van der Waals surface area contributed by atoms with E-state index in [1.807, 2.05) is 35.0 Å². The highest BCUT2D eigenvalue weighted by atomic mass is 32.1. The van der Waals surface area contributed by atoms with Crippen LogP contribution < -0.4 is 10.6 Å². The van der Waals surface area contributed by atoms with Gasteiger partial charge in [0.05, 0.1) is 6.54 Å². The Morgan fingerprint density at radius 2 is 1.70 bits per heavy atom. The topological polar surface area (TPSA) is 61.4 Å². The third-order valence-electron chi connectivity index (χ3n) is 3.98. The van der Waals surface area contributed by atoms with Crippen LogP contribution in [0.5, 0.6) is 0 Å². The zero-order chi connectivity index (χ0) is 16.9. The number of nitrogens with one attached hydrogen (secondary N) is 2. The molecule has 4 nitrogen and oxygen atoms in total. The van der Waals surface area contributed by atoms with Gasteiger partial charge in [-0.1, -0.05) is 44.2 Å². The van der Waals surface area contributed by atoms with Crippen LogP contribution in [0.1, 0.15) is 31.9 Å². The summed E-state index contributed by atoms with van der Waals surface area (Å²) in [7, 11) is 0. The Labute approximate surface area is 141 Å². The van der Waals surface area contributed by atoms with E-state index in [1.54, 1.807) is 6.92 Å². The van der Waals surface area contributed by atoms with Crippen LogP contribution in [0.15, 0.2) is 47.2 Å². The van der Waals surface area contributed by atoms with Crippen molar-refractivity contribution in [1.29, 1.82) is 0 Å². The summed E-state index contributed by atoms with van der Waals surface area (Å²) in [6.07, 6.45) is 0. The van der Waals surface area contributed by atoms with Gasteiger partial charge < -0.3 is 15.7 Å². The van der Waals surface area contributed by atoms with Gasteiger partial charge in [0.15, 0.2) is 0 Å². The number of hydrogen-bond acceptors (Lipinski definition) is 3. The lowest BCUT2D eigenvalue weighted by atomic mass is 9.85. The average Bonchev–Trinajstić information content (AvgIpc) is 3.07. The van der Waals surface area contributed by atoms with E-state index in [1.165, 1.54) is 16.9 Å². The third kappa shape index (κ3) is 4.81. The highest BCUT2D eigenvalue weighted by Gasteiger charge is 2.25. The largest absolute Gasteiger partial charge is 0.384 e. The van der Waals surface area contributed by atoms with E-state index < -0.39 is 5.60 Å². The monoisotopic (exact) mass is 332 g/mol. The first-order valence-electron chi connectivity index (χ1n) is 7.63. The fourth-order valence-electron chi connectivity index (χ4n) is 2.28. The zero-order valence-electron chi connectivity index (χ0n) is 13.8. The molecule has 2 rings (SSSR count). The molecule has 1 atom stereocenters. The zero-order valence-corrected chi connectivity index (χ0v) is 14.6. The predicted octanol–water partition coefficient (Wildman–Crippen LogP) is 3.23. The number of aliphatic hydroxyl groups is 1. The molecule has 1 heterocycles. The van der Waals surface area contributed by atoms with Crippen LogP contribution in [-0.2, 0) is 11.0 Å². The summed E-state index contributed by atoms with van der Waals surface area (Å²) >= 11 is 1.52. The van der Waals surface area contributed by atoms with E-state index in [0.29, 0.717) is 6.54 Å². The Balaban J connectivity index is 1.84. The molecule has 3 N–H and O–H groups in total. The second kappa shape index (κ2) is 7.15. The SMILES string of the molecule is CC(C)(CNC(=O)NCC(C)(O)c1ccsc1)c1ccccc1. The second-order valence-electron chi connectivity index (χ2n) is 6.57. The maximum atomic E-state index is 12.0. The van der Waals surface area contributed by atoms with Crippen molar-refractivity contribution in [3.63, 3.8) is 0 Å². The van der Waals surface area contributed by atoms with Crippen molar-refractivity contribution in [3.8, 4) is 0 Å². The summed E-state index contributed by atoms with van der Waals surface area (Å²) in [5, 5.41) is 19.8. The van der Waals surface area contributed by atoms with Crippen molar-refractivity contribution in [2.75, 3.05) is 13.1 Å². The first-order chi connectivity index (χ1) is 10.8. The van der Waals surface area contributed by atoms with Gasteiger partial charge in [-0.25, -0.2) is 4.79 Å². The van der Waals surface area contributed by atoms with Crippen molar-refractivity contribution < 1.29 is 9.90 Å². The number of hydrogen-bond donors (Lipinski definition) is 3. The molecule has 124 valence electrons. The van der Waals surface area contributed by atoms with E-state index in [0.717, 1.165) is 5.56 Å². The van der Waals surface area contributed by atoms with Gasteiger partial charge in [-0.15, -0.1) is 0 Å². The quantitative estimate of drug-likeness (QED) is 0.760. The van der Waals surface area contributed by atoms with Crippen LogP contribution in [0.2, 0.25) is 0 Å². The highest BCUT2D eigenvalue weighted by Crippen LogP contribution is 2.23. The highest BCUT2D eigenvalue weighted by molar-refractivity contribution is 7.08. The number of carbonyl (C=O) groups is 1. The molecule has 0 radical (unpaired) electrons. The van der Waals surface area contributed by atoms with Crippen LogP contribution >= 0.6 is 11.3 Å². The van der Waals surface area contributed by atoms with E-state index >= 15 is 0 Å². The molecule has 0 aliphatic heterocycles. The van der Waals surface area contributed by atoms with Crippen molar-refractivity contribution >= 4 is 17.4 Å². The van der Waals surface area contributed by atoms with E-state index in [2.05, 4.69) is 36.6 Å². The molecule has 5 heteroatoms. The molecule has 2 amide bonds. The van der Waals surface area contributed by atoms with E-state index in [4.69, 9.17) is 0 Å². The van der Waals surface area contributed by atoms with Gasteiger partial charge in [-0.3, -0.25) is 0 Å². The summed E-state index contributed by atoms with van der Waals surface area (Å²) in [6.45, 7) is 6.56. The molecule has 0 bridgehead atoms. The van der Waals surface area contributed by atoms with Crippen LogP contribution in [0.25, 0.3) is 0 Å². The Kier molecular flexibility index (Phi) is 5.44. The minimum absolute atomic E-state index is 0.158. The van der Waals surface area contributed by atoms with E-state index in [9.17, 15) is 9.90 Å². The molecule has 2 aromatic rings. The molecular weight excluding hydrogens is 308 g/mol. The summed E-state index contributed by atoms with van der Waals surface area (Å²) < 4.78 is 0. The minimum atomic E-state index is -1.06. The maximum Gasteiger partial charge on any atom is 0.314 e. The molecule has 0 saturated carbocycles. The summed E-state index contributed by atoms with van der Waals surface area (Å²) in [6, 6.07) is 11.7. The van der Waals surface area contributed by atoms with Crippen molar-refractivity contribution in [2.24, 2.45) is 0 Å². The predicted molar refractivity (Wildman–Crippen MR) is 94.8 cm³/mol. The van der Waals surface area contributed by atoms with Crippen molar-refractivity contribution in [2.45, 2.75) is 31.8 Å². The maximum absolute atomic E-state index is 12.0. The van der Waals surface area contributed by atoms with Crippen LogP contribution in [0, 0.1) is 0 Å². The number of benzene rings is 1. The van der Waals surface area contributed by atoms with Gasteiger partial charge in [0, 0.05) is 12.0 Å². The molecule has 0 aliphatic carbocycles. The summed E-state index contributed by atoms with van der Waals surface area (Å²) in [5.41, 5.74) is 0.763. The van der Waals surface area contributed by atoms with Crippen LogP contribution in [-0.4, -0.2) is 24.2 Å². The lowest BCUT2D eigenvalue weighted by Crippen LogP contribution is -2.46. The van der Waals surface area contributed by atoms with Gasteiger partial charge in [-0.05, 0) is 34.9 Å². The fourth-order valence-corrected chi connectivity index (χ4v) is 3.06. The van der Waals surface area contributed by atoms with Gasteiger partial charge in [0.25, 0.3) is 0 Å². The molecule has 0 spiro atoms. The molecule has 23 heavy (non-hydrogen) atoms. The fraction of sp³-hybridized carbons (Fsp3) is 0.389. The Hall–Kier alpha value is -1.85. The second-order valence-corrected chi connectivity index (χ2v) is 7.35. The summed E-state index contributed by atoms with van der Waals surface area (Å²) in [4.78, 5) is 12.0. The molecule has 1 aromatic carbocycles. The molecule has 0 fully saturated rings. The smallest absolute Gasteiger partial charge is 0.314 e. The van der Waals surface area contributed by atoms with E-state index in [-0.39, 0.29) is 18.0 Å². The van der Waals surface area contributed by atoms with Gasteiger partial charge in [0.1, 0.15) is 5.60 Å². The lowest BCUT2D eigenvalue weighted by molar-refractivity contribution is 0.0598. The minimum Gasteiger partial charge on any atom is -0.384 e. The molecule has 0 aliphatic rings. The first-order valence-corrected chi connectivity index (χ1v) is 8.58. The normalized spacial score (nSPS) is 14.1. The van der Waals surface area contributed by atoms with Crippen molar-refractivity contribution in [3.05, 3.63) is 58.3 Å². The van der Waals surface area contributed by atoms with Crippen molar-refractivity contribution in [1.82, 2.24) is 10.6 Å². The Morgan fingerprint density at radius 3 is 2.30 bits per heavy atom. The molecule has 1 aromatic heterocycles. The first kappa shape index (κ1) is 17.5. The Morgan fingerprint density at radius 1 is 1.04 bits per heavy atom. The Bertz CT molecular complexity index is 622. The van der Waals surface area contributed by atoms with Gasteiger partial charge in [-0.2, -0.15) is 11.3 Å². The van der Waals surface area contributed by atoms with Crippen LogP contribution in [0.4, 0.5) is 4.79 Å². The summed E-state index contributed by atoms with van der Waals surface area (Å²) in [5.74, 6) is 0. The van der Waals surface area contributed by atoms with Crippen LogP contribution in [0.3, 0.4) is 0 Å². The number of urea groups is 1. The molecule has 0 saturated heterocycles. The molecular formula is C18H24N2O2S. The van der Waals surface area contributed by atoms with Gasteiger partial charge in [0.2, 0.25) is 0 Å². The number of amides is 2.